The van der Waals surface area contributed by atoms with E-state index in [-0.39, 0.29) is 0 Å². The Hall–Kier alpha value is -0.120. The van der Waals surface area contributed by atoms with Crippen molar-refractivity contribution in [2.24, 2.45) is 5.73 Å². The monoisotopic (exact) mass is 211 g/mol. The van der Waals surface area contributed by atoms with Gasteiger partial charge in [0.15, 0.2) is 0 Å². The third-order valence-corrected chi connectivity index (χ3v) is 4.07. The Morgan fingerprint density at radius 2 is 2.20 bits per heavy atom. The largest absolute Gasteiger partial charge is 0.330 e. The third kappa shape index (κ3) is 2.71. The van der Waals surface area contributed by atoms with Crippen LogP contribution >= 0.6 is 0 Å². The summed E-state index contributed by atoms with van der Waals surface area (Å²) in [5, 5.41) is 0. The molecular formula is C12H25N3. The summed E-state index contributed by atoms with van der Waals surface area (Å²) < 4.78 is 0. The summed E-state index contributed by atoms with van der Waals surface area (Å²) in [6, 6.07) is 1.59. The number of nitrogens with zero attached hydrogens (tertiary/aromatic N) is 2. The molecule has 0 aliphatic carbocycles. The van der Waals surface area contributed by atoms with Gasteiger partial charge in [0, 0.05) is 31.7 Å². The molecule has 0 aromatic rings. The molecule has 3 nitrogen and oxygen atoms in total. The molecule has 2 fully saturated rings. The molecule has 15 heavy (non-hydrogen) atoms. The fraction of sp³-hybridized carbons (Fsp3) is 1.00. The quantitative estimate of drug-likeness (QED) is 0.750. The molecule has 0 amide bonds. The fourth-order valence-corrected chi connectivity index (χ4v) is 3.01. The van der Waals surface area contributed by atoms with Crippen molar-refractivity contribution in [3.63, 3.8) is 0 Å². The highest BCUT2D eigenvalue weighted by Gasteiger charge is 2.31. The highest BCUT2D eigenvalue weighted by atomic mass is 15.3. The first-order valence-electron chi connectivity index (χ1n) is 6.49. The van der Waals surface area contributed by atoms with Gasteiger partial charge >= 0.3 is 0 Å². The van der Waals surface area contributed by atoms with Crippen molar-refractivity contribution in [1.82, 2.24) is 9.80 Å². The molecule has 2 aliphatic heterocycles. The van der Waals surface area contributed by atoms with E-state index in [1.807, 2.05) is 0 Å². The molecule has 0 aromatic carbocycles. The normalized spacial score (nSPS) is 30.4. The maximum atomic E-state index is 5.57. The van der Waals surface area contributed by atoms with Gasteiger partial charge in [-0.3, -0.25) is 9.80 Å². The maximum absolute atomic E-state index is 5.57. The number of hydrogen-bond acceptors (Lipinski definition) is 3. The first-order valence-corrected chi connectivity index (χ1v) is 6.49. The summed E-state index contributed by atoms with van der Waals surface area (Å²) in [4.78, 5) is 5.34. The summed E-state index contributed by atoms with van der Waals surface area (Å²) in [6.07, 6.45) is 5.27. The van der Waals surface area contributed by atoms with Crippen LogP contribution in [0.4, 0.5) is 0 Å². The Bertz CT molecular complexity index is 195. The standard InChI is InChI=1S/C12H25N3/c1-11(4-2-6-13)15-9-8-14-7-3-5-12(14)10-15/h11-12H,2-10,13H2,1H3. The van der Waals surface area contributed by atoms with E-state index in [0.717, 1.165) is 18.6 Å². The Morgan fingerprint density at radius 1 is 1.33 bits per heavy atom. The number of fused-ring (bicyclic) bond motifs is 1. The molecule has 0 bridgehead atoms. The van der Waals surface area contributed by atoms with Crippen molar-refractivity contribution in [2.45, 2.75) is 44.7 Å². The Balaban J connectivity index is 1.78. The van der Waals surface area contributed by atoms with E-state index >= 15 is 0 Å². The average Bonchev–Trinajstić information content (AvgIpc) is 2.72. The molecular weight excluding hydrogens is 186 g/mol. The molecule has 3 heteroatoms. The van der Waals surface area contributed by atoms with Crippen LogP contribution in [0.15, 0.2) is 0 Å². The number of nitrogens with two attached hydrogens (primary N) is 1. The maximum Gasteiger partial charge on any atom is 0.0224 e. The van der Waals surface area contributed by atoms with Crippen LogP contribution in [-0.2, 0) is 0 Å². The topological polar surface area (TPSA) is 32.5 Å². The summed E-state index contributed by atoms with van der Waals surface area (Å²) in [7, 11) is 0. The van der Waals surface area contributed by atoms with Gasteiger partial charge in [-0.2, -0.15) is 0 Å². The van der Waals surface area contributed by atoms with Gasteiger partial charge in [-0.15, -0.1) is 0 Å². The Morgan fingerprint density at radius 3 is 3.00 bits per heavy atom. The highest BCUT2D eigenvalue weighted by molar-refractivity contribution is 4.88. The van der Waals surface area contributed by atoms with E-state index < -0.39 is 0 Å². The Kier molecular flexibility index (Phi) is 4.00. The lowest BCUT2D eigenvalue weighted by Crippen LogP contribution is -2.52. The summed E-state index contributed by atoms with van der Waals surface area (Å²) in [5.41, 5.74) is 5.57. The summed E-state index contributed by atoms with van der Waals surface area (Å²) in [5.74, 6) is 0. The number of hydrogen-bond donors (Lipinski definition) is 1. The van der Waals surface area contributed by atoms with Crippen molar-refractivity contribution in [3.05, 3.63) is 0 Å². The van der Waals surface area contributed by atoms with Crippen molar-refractivity contribution in [3.8, 4) is 0 Å². The van der Waals surface area contributed by atoms with E-state index in [1.165, 1.54) is 51.9 Å². The second-order valence-corrected chi connectivity index (χ2v) is 5.11. The number of rotatable bonds is 4. The SMILES string of the molecule is CC(CCCN)N1CCN2CCCC2C1. The first-order chi connectivity index (χ1) is 7.31. The van der Waals surface area contributed by atoms with Crippen LogP contribution < -0.4 is 5.73 Å². The number of piperazine rings is 1. The second-order valence-electron chi connectivity index (χ2n) is 5.11. The minimum atomic E-state index is 0.733. The van der Waals surface area contributed by atoms with Crippen molar-refractivity contribution < 1.29 is 0 Å². The first kappa shape index (κ1) is 11.4. The highest BCUT2D eigenvalue weighted by Crippen LogP contribution is 2.23. The molecule has 0 radical (unpaired) electrons. The summed E-state index contributed by atoms with van der Waals surface area (Å²) in [6.45, 7) is 8.40. The predicted octanol–water partition coefficient (Wildman–Crippen LogP) is 0.894. The molecule has 0 spiro atoms. The molecule has 2 N–H and O–H groups in total. The van der Waals surface area contributed by atoms with Gasteiger partial charge in [0.1, 0.15) is 0 Å². The molecule has 2 unspecified atom stereocenters. The zero-order chi connectivity index (χ0) is 10.7. The van der Waals surface area contributed by atoms with Crippen LogP contribution in [0.2, 0.25) is 0 Å². The van der Waals surface area contributed by atoms with Crippen molar-refractivity contribution in [1.29, 1.82) is 0 Å². The molecule has 0 saturated carbocycles. The lowest BCUT2D eigenvalue weighted by molar-refractivity contribution is 0.0738. The summed E-state index contributed by atoms with van der Waals surface area (Å²) >= 11 is 0. The zero-order valence-electron chi connectivity index (χ0n) is 9.99. The van der Waals surface area contributed by atoms with Gasteiger partial charge in [-0.1, -0.05) is 0 Å². The van der Waals surface area contributed by atoms with Crippen LogP contribution in [0.1, 0.15) is 32.6 Å². The van der Waals surface area contributed by atoms with Crippen molar-refractivity contribution in [2.75, 3.05) is 32.7 Å². The fourth-order valence-electron chi connectivity index (χ4n) is 3.01. The van der Waals surface area contributed by atoms with Gasteiger partial charge in [0.2, 0.25) is 0 Å². The molecule has 2 aliphatic rings. The van der Waals surface area contributed by atoms with Gasteiger partial charge in [-0.05, 0) is 45.7 Å². The van der Waals surface area contributed by atoms with E-state index in [1.54, 1.807) is 0 Å². The second kappa shape index (κ2) is 5.28. The zero-order valence-corrected chi connectivity index (χ0v) is 9.99. The van der Waals surface area contributed by atoms with Crippen molar-refractivity contribution >= 4 is 0 Å². The van der Waals surface area contributed by atoms with E-state index in [4.69, 9.17) is 5.73 Å². The van der Waals surface area contributed by atoms with Crippen LogP contribution in [-0.4, -0.2) is 54.6 Å². The smallest absolute Gasteiger partial charge is 0.0224 e. The Labute approximate surface area is 93.6 Å². The van der Waals surface area contributed by atoms with E-state index in [0.29, 0.717) is 0 Å². The van der Waals surface area contributed by atoms with Crippen LogP contribution in [0.3, 0.4) is 0 Å². The van der Waals surface area contributed by atoms with Crippen LogP contribution in [0, 0.1) is 0 Å². The minimum absolute atomic E-state index is 0.733. The van der Waals surface area contributed by atoms with Gasteiger partial charge in [0.25, 0.3) is 0 Å². The van der Waals surface area contributed by atoms with Gasteiger partial charge in [0.05, 0.1) is 0 Å². The molecule has 2 atom stereocenters. The van der Waals surface area contributed by atoms with Gasteiger partial charge < -0.3 is 5.73 Å². The molecule has 2 saturated heterocycles. The van der Waals surface area contributed by atoms with Gasteiger partial charge in [-0.25, -0.2) is 0 Å². The molecule has 2 heterocycles. The van der Waals surface area contributed by atoms with Crippen LogP contribution in [0.5, 0.6) is 0 Å². The average molecular weight is 211 g/mol. The predicted molar refractivity (Wildman–Crippen MR) is 63.9 cm³/mol. The molecule has 88 valence electrons. The lowest BCUT2D eigenvalue weighted by atomic mass is 10.1. The minimum Gasteiger partial charge on any atom is -0.330 e. The molecule has 0 aromatic heterocycles. The molecule has 2 rings (SSSR count). The lowest BCUT2D eigenvalue weighted by Gasteiger charge is -2.40. The van der Waals surface area contributed by atoms with Crippen LogP contribution in [0.25, 0.3) is 0 Å². The van der Waals surface area contributed by atoms with E-state index in [9.17, 15) is 0 Å². The third-order valence-electron chi connectivity index (χ3n) is 4.07. The van der Waals surface area contributed by atoms with E-state index in [2.05, 4.69) is 16.7 Å².